The van der Waals surface area contributed by atoms with Gasteiger partial charge in [-0.25, -0.2) is 4.79 Å². The fourth-order valence-corrected chi connectivity index (χ4v) is 3.43. The monoisotopic (exact) mass is 361 g/mol. The number of ether oxygens (including phenoxy) is 1. The predicted octanol–water partition coefficient (Wildman–Crippen LogP) is -1.63. The van der Waals surface area contributed by atoms with Gasteiger partial charge in [-0.3, -0.25) is 0 Å². The summed E-state index contributed by atoms with van der Waals surface area (Å²) in [4.78, 5) is 14.1. The van der Waals surface area contributed by atoms with Crippen molar-refractivity contribution in [1.29, 1.82) is 0 Å². The van der Waals surface area contributed by atoms with Gasteiger partial charge in [0.25, 0.3) is 0 Å². The van der Waals surface area contributed by atoms with Crippen molar-refractivity contribution in [1.82, 2.24) is 0 Å². The third kappa shape index (κ3) is 3.30. The molecule has 134 valence electrons. The van der Waals surface area contributed by atoms with Crippen LogP contribution < -0.4 is 17.3 Å². The second kappa shape index (κ2) is 8.00. The number of carbonyl (C=O) groups excluding carboxylic acids is 1. The zero-order valence-electron chi connectivity index (χ0n) is 14.6. The van der Waals surface area contributed by atoms with Gasteiger partial charge in [0, 0.05) is 11.1 Å². The minimum absolute atomic E-state index is 0. The molecule has 0 saturated heterocycles. The Morgan fingerprint density at radius 1 is 1.00 bits per heavy atom. The molecular weight excluding hydrogens is 338 g/mol. The lowest BCUT2D eigenvalue weighted by molar-refractivity contribution is -0.896. The maximum Gasteiger partial charge on any atom is 0.347 e. The Labute approximate surface area is 154 Å². The molecule has 1 aliphatic carbocycles. The van der Waals surface area contributed by atoms with Crippen molar-refractivity contribution in [2.75, 3.05) is 26.2 Å². The summed E-state index contributed by atoms with van der Waals surface area (Å²) in [6.07, 6.45) is 0. The Balaban J connectivity index is 0.00000225. The van der Waals surface area contributed by atoms with Gasteiger partial charge < -0.3 is 27.2 Å². The minimum Gasteiger partial charge on any atom is -1.00 e. The van der Waals surface area contributed by atoms with Crippen molar-refractivity contribution in [2.24, 2.45) is 0 Å². The molecule has 2 N–H and O–H groups in total. The standard InChI is InChI=1S/C20H23NO3.ClH/c1-3-21(4-2)13-14-24-19(22)20(23)17-11-7-5-9-15(17)16-10-6-8-12-18(16)20;/h5-12,23H,3-4,13-14H2,1-2H3;1H. The fourth-order valence-electron chi connectivity index (χ4n) is 3.43. The molecule has 4 nitrogen and oxygen atoms in total. The Morgan fingerprint density at radius 3 is 1.96 bits per heavy atom. The van der Waals surface area contributed by atoms with E-state index in [1.54, 1.807) is 12.1 Å². The average Bonchev–Trinajstić information content (AvgIpc) is 2.90. The molecule has 0 saturated carbocycles. The van der Waals surface area contributed by atoms with Crippen LogP contribution in [0, 0.1) is 0 Å². The van der Waals surface area contributed by atoms with Gasteiger partial charge in [0.05, 0.1) is 13.1 Å². The van der Waals surface area contributed by atoms with E-state index >= 15 is 0 Å². The molecule has 0 amide bonds. The average molecular weight is 362 g/mol. The first-order valence-corrected chi connectivity index (χ1v) is 8.55. The number of likely N-dealkylation sites (N-methyl/N-ethyl adjacent to an activating group) is 1. The maximum atomic E-state index is 12.8. The highest BCUT2D eigenvalue weighted by Gasteiger charge is 2.49. The third-order valence-electron chi connectivity index (χ3n) is 4.91. The number of esters is 1. The van der Waals surface area contributed by atoms with Crippen molar-refractivity contribution in [3.63, 3.8) is 0 Å². The van der Waals surface area contributed by atoms with Crippen LogP contribution in [0.2, 0.25) is 0 Å². The molecular formula is C20H24ClNO3. The lowest BCUT2D eigenvalue weighted by Crippen LogP contribution is -3.11. The van der Waals surface area contributed by atoms with Crippen LogP contribution >= 0.6 is 0 Å². The van der Waals surface area contributed by atoms with E-state index in [2.05, 4.69) is 13.8 Å². The van der Waals surface area contributed by atoms with Crippen LogP contribution in [0.25, 0.3) is 11.1 Å². The van der Waals surface area contributed by atoms with Crippen LogP contribution in [0.4, 0.5) is 0 Å². The zero-order chi connectivity index (χ0) is 17.2. The highest BCUT2D eigenvalue weighted by Crippen LogP contribution is 2.47. The van der Waals surface area contributed by atoms with Gasteiger partial charge in [0.2, 0.25) is 5.60 Å². The van der Waals surface area contributed by atoms with Gasteiger partial charge in [0.1, 0.15) is 13.2 Å². The van der Waals surface area contributed by atoms with Gasteiger partial charge in [0.15, 0.2) is 0 Å². The summed E-state index contributed by atoms with van der Waals surface area (Å²) >= 11 is 0. The Kier molecular flexibility index (Phi) is 6.22. The molecule has 0 aromatic heterocycles. The van der Waals surface area contributed by atoms with E-state index in [1.807, 2.05) is 36.4 Å². The van der Waals surface area contributed by atoms with E-state index in [0.29, 0.717) is 17.7 Å². The summed E-state index contributed by atoms with van der Waals surface area (Å²) in [6, 6.07) is 15.0. The van der Waals surface area contributed by atoms with E-state index in [9.17, 15) is 9.90 Å². The van der Waals surface area contributed by atoms with Crippen LogP contribution in [-0.4, -0.2) is 37.3 Å². The second-order valence-corrected chi connectivity index (χ2v) is 6.14. The number of benzene rings is 2. The number of nitrogens with one attached hydrogen (secondary N) is 1. The second-order valence-electron chi connectivity index (χ2n) is 6.14. The van der Waals surface area contributed by atoms with Crippen LogP contribution in [0.3, 0.4) is 0 Å². The smallest absolute Gasteiger partial charge is 0.347 e. The normalized spacial score (nSPS) is 13.8. The first-order chi connectivity index (χ1) is 11.6. The molecule has 0 aliphatic heterocycles. The molecule has 0 radical (unpaired) electrons. The van der Waals surface area contributed by atoms with E-state index in [1.165, 1.54) is 4.90 Å². The summed E-state index contributed by atoms with van der Waals surface area (Å²) in [5.41, 5.74) is 1.27. The molecule has 2 aromatic rings. The van der Waals surface area contributed by atoms with Crippen LogP contribution in [0.15, 0.2) is 48.5 Å². The summed E-state index contributed by atoms with van der Waals surface area (Å²) in [6.45, 7) is 7.25. The molecule has 0 fully saturated rings. The third-order valence-corrected chi connectivity index (χ3v) is 4.91. The quantitative estimate of drug-likeness (QED) is 0.608. The SMILES string of the molecule is CC[NH+](CC)CCOC(=O)C1(O)c2ccccc2-c2ccccc21.[Cl-]. The molecule has 25 heavy (non-hydrogen) atoms. The highest BCUT2D eigenvalue weighted by molar-refractivity contribution is 5.96. The van der Waals surface area contributed by atoms with E-state index < -0.39 is 11.6 Å². The maximum absolute atomic E-state index is 12.8. The minimum atomic E-state index is -1.72. The summed E-state index contributed by atoms with van der Waals surface area (Å²) in [7, 11) is 0. The number of rotatable bonds is 6. The number of fused-ring (bicyclic) bond motifs is 3. The Morgan fingerprint density at radius 2 is 1.48 bits per heavy atom. The van der Waals surface area contributed by atoms with Crippen molar-refractivity contribution >= 4 is 5.97 Å². The fraction of sp³-hybridized carbons (Fsp3) is 0.350. The molecule has 1 aliphatic rings. The molecule has 5 heteroatoms. The number of hydrogen-bond donors (Lipinski definition) is 2. The lowest BCUT2D eigenvalue weighted by Gasteiger charge is -2.24. The first kappa shape index (κ1) is 19.4. The van der Waals surface area contributed by atoms with Gasteiger partial charge in [-0.15, -0.1) is 0 Å². The van der Waals surface area contributed by atoms with E-state index in [0.717, 1.165) is 30.8 Å². The summed E-state index contributed by atoms with van der Waals surface area (Å²) in [5, 5.41) is 11.3. The van der Waals surface area contributed by atoms with E-state index in [4.69, 9.17) is 4.74 Å². The molecule has 0 atom stereocenters. The number of carbonyl (C=O) groups is 1. The van der Waals surface area contributed by atoms with Gasteiger partial charge in [-0.1, -0.05) is 48.5 Å². The molecule has 0 spiro atoms. The van der Waals surface area contributed by atoms with Gasteiger partial charge in [-0.2, -0.15) is 0 Å². The van der Waals surface area contributed by atoms with E-state index in [-0.39, 0.29) is 12.4 Å². The summed E-state index contributed by atoms with van der Waals surface area (Å²) < 4.78 is 5.47. The molecule has 0 bridgehead atoms. The summed E-state index contributed by atoms with van der Waals surface area (Å²) in [5.74, 6) is -0.591. The lowest BCUT2D eigenvalue weighted by atomic mass is 9.91. The Bertz CT molecular complexity index is 698. The van der Waals surface area contributed by atoms with Crippen LogP contribution in [0.5, 0.6) is 0 Å². The van der Waals surface area contributed by atoms with Crippen molar-refractivity contribution in [3.8, 4) is 11.1 Å². The molecule has 0 heterocycles. The zero-order valence-corrected chi connectivity index (χ0v) is 15.3. The first-order valence-electron chi connectivity index (χ1n) is 8.55. The van der Waals surface area contributed by atoms with Gasteiger partial charge in [-0.05, 0) is 25.0 Å². The van der Waals surface area contributed by atoms with Crippen LogP contribution in [-0.2, 0) is 15.1 Å². The van der Waals surface area contributed by atoms with Gasteiger partial charge >= 0.3 is 5.97 Å². The van der Waals surface area contributed by atoms with Crippen molar-refractivity contribution < 1.29 is 31.9 Å². The van der Waals surface area contributed by atoms with Crippen molar-refractivity contribution in [2.45, 2.75) is 19.4 Å². The van der Waals surface area contributed by atoms with Crippen LogP contribution in [0.1, 0.15) is 25.0 Å². The molecule has 0 unspecified atom stereocenters. The predicted molar refractivity (Wildman–Crippen MR) is 92.7 cm³/mol. The topological polar surface area (TPSA) is 51.0 Å². The Hall–Kier alpha value is -1.88. The number of hydrogen-bond acceptors (Lipinski definition) is 3. The highest BCUT2D eigenvalue weighted by atomic mass is 35.5. The molecule has 2 aromatic carbocycles. The number of aliphatic hydroxyl groups is 1. The number of halogens is 1. The molecule has 3 rings (SSSR count). The van der Waals surface area contributed by atoms with Crippen molar-refractivity contribution in [3.05, 3.63) is 59.7 Å². The largest absolute Gasteiger partial charge is 1.00 e. The number of quaternary nitrogens is 1.